The van der Waals surface area contributed by atoms with Crippen molar-refractivity contribution in [3.8, 4) is 0 Å². The summed E-state index contributed by atoms with van der Waals surface area (Å²) in [7, 11) is 0. The van der Waals surface area contributed by atoms with Gasteiger partial charge in [0.25, 0.3) is 5.91 Å². The van der Waals surface area contributed by atoms with Crippen molar-refractivity contribution in [3.63, 3.8) is 0 Å². The topological polar surface area (TPSA) is 70.2 Å². The highest BCUT2D eigenvalue weighted by Crippen LogP contribution is 2.32. The van der Waals surface area contributed by atoms with Gasteiger partial charge in [0.05, 0.1) is 5.69 Å². The zero-order valence-corrected chi connectivity index (χ0v) is 13.7. The van der Waals surface area contributed by atoms with E-state index in [9.17, 15) is 9.59 Å². The summed E-state index contributed by atoms with van der Waals surface area (Å²) in [6, 6.07) is 6.96. The number of hydrogen-bond acceptors (Lipinski definition) is 4. The first-order chi connectivity index (χ1) is 11.2. The van der Waals surface area contributed by atoms with E-state index >= 15 is 0 Å². The van der Waals surface area contributed by atoms with Crippen LogP contribution < -0.4 is 16.0 Å². The van der Waals surface area contributed by atoms with Gasteiger partial charge in [0, 0.05) is 40.8 Å². The lowest BCUT2D eigenvalue weighted by Gasteiger charge is -2.29. The van der Waals surface area contributed by atoms with Gasteiger partial charge in [-0.25, -0.2) is 0 Å². The molecule has 0 aliphatic carbocycles. The number of rotatable bonds is 2. The molecule has 3 aliphatic heterocycles. The number of hydrogen-bond donors (Lipinski definition) is 3. The summed E-state index contributed by atoms with van der Waals surface area (Å²) in [5.74, 6) is 0.758. The minimum Gasteiger partial charge on any atom is -0.349 e. The number of piperidine rings is 1. The Bertz CT molecular complexity index is 637. The van der Waals surface area contributed by atoms with E-state index in [4.69, 9.17) is 0 Å². The number of anilines is 1. The second-order valence-electron chi connectivity index (χ2n) is 6.64. The quantitative estimate of drug-likeness (QED) is 0.776. The van der Waals surface area contributed by atoms with Crippen molar-refractivity contribution >= 4 is 29.3 Å². The van der Waals surface area contributed by atoms with Gasteiger partial charge in [-0.15, -0.1) is 11.8 Å². The second-order valence-corrected chi connectivity index (χ2v) is 7.77. The standard InChI is InChI=1S/C17H21N3O2S/c21-16-5-6-23-15-4-1-10(7-14(15)20-16)17(22)19-13-8-11-2-3-12(9-13)18-11/h1,4,7,11-13,18H,2-3,5-6,8-9H2,(H,19,22)(H,20,21). The number of benzene rings is 1. The molecule has 2 saturated heterocycles. The summed E-state index contributed by atoms with van der Waals surface area (Å²) in [6.07, 6.45) is 4.98. The van der Waals surface area contributed by atoms with E-state index in [0.29, 0.717) is 24.1 Å². The van der Waals surface area contributed by atoms with Crippen LogP contribution >= 0.6 is 11.8 Å². The minimum atomic E-state index is -0.0393. The molecule has 23 heavy (non-hydrogen) atoms. The molecule has 6 heteroatoms. The van der Waals surface area contributed by atoms with Crippen LogP contribution in [0.3, 0.4) is 0 Å². The molecule has 0 radical (unpaired) electrons. The molecule has 3 aliphatic rings. The largest absolute Gasteiger partial charge is 0.349 e. The first-order valence-corrected chi connectivity index (χ1v) is 9.29. The van der Waals surface area contributed by atoms with E-state index in [0.717, 1.165) is 29.2 Å². The summed E-state index contributed by atoms with van der Waals surface area (Å²) in [4.78, 5) is 25.3. The highest BCUT2D eigenvalue weighted by Gasteiger charge is 2.34. The maximum Gasteiger partial charge on any atom is 0.251 e. The van der Waals surface area contributed by atoms with Crippen LogP contribution in [0.15, 0.2) is 23.1 Å². The maximum atomic E-state index is 12.5. The van der Waals surface area contributed by atoms with Crippen molar-refractivity contribution < 1.29 is 9.59 Å². The summed E-state index contributed by atoms with van der Waals surface area (Å²) >= 11 is 1.65. The van der Waals surface area contributed by atoms with Crippen LogP contribution in [0.25, 0.3) is 0 Å². The Labute approximate surface area is 140 Å². The molecule has 2 amide bonds. The van der Waals surface area contributed by atoms with Crippen LogP contribution in [0.5, 0.6) is 0 Å². The molecular weight excluding hydrogens is 310 g/mol. The number of thioether (sulfide) groups is 1. The molecule has 3 heterocycles. The van der Waals surface area contributed by atoms with Gasteiger partial charge >= 0.3 is 0 Å². The van der Waals surface area contributed by atoms with Gasteiger partial charge in [0.1, 0.15) is 0 Å². The molecule has 1 aromatic carbocycles. The lowest BCUT2D eigenvalue weighted by atomic mass is 9.99. The molecule has 122 valence electrons. The van der Waals surface area contributed by atoms with E-state index in [1.807, 2.05) is 12.1 Å². The third-order valence-corrected chi connectivity index (χ3v) is 5.99. The number of carbonyl (C=O) groups excluding carboxylic acids is 2. The third kappa shape index (κ3) is 3.23. The van der Waals surface area contributed by atoms with Crippen LogP contribution in [0.2, 0.25) is 0 Å². The lowest BCUT2D eigenvalue weighted by molar-refractivity contribution is -0.115. The van der Waals surface area contributed by atoms with Crippen LogP contribution in [0.4, 0.5) is 5.69 Å². The summed E-state index contributed by atoms with van der Waals surface area (Å²) in [5, 5.41) is 9.65. The van der Waals surface area contributed by atoms with Crippen molar-refractivity contribution in [2.75, 3.05) is 11.1 Å². The Kier molecular flexibility index (Phi) is 4.03. The van der Waals surface area contributed by atoms with E-state index in [2.05, 4.69) is 16.0 Å². The predicted molar refractivity (Wildman–Crippen MR) is 90.8 cm³/mol. The number of carbonyl (C=O) groups is 2. The van der Waals surface area contributed by atoms with E-state index < -0.39 is 0 Å². The van der Waals surface area contributed by atoms with Gasteiger partial charge in [-0.05, 0) is 43.9 Å². The predicted octanol–water partition coefficient (Wildman–Crippen LogP) is 2.13. The molecule has 0 spiro atoms. The van der Waals surface area contributed by atoms with Crippen LogP contribution in [0, 0.1) is 0 Å². The van der Waals surface area contributed by atoms with Crippen molar-refractivity contribution in [1.82, 2.24) is 10.6 Å². The van der Waals surface area contributed by atoms with Gasteiger partial charge in [-0.2, -0.15) is 0 Å². The lowest BCUT2D eigenvalue weighted by Crippen LogP contribution is -2.48. The van der Waals surface area contributed by atoms with Gasteiger partial charge in [-0.3, -0.25) is 9.59 Å². The smallest absolute Gasteiger partial charge is 0.251 e. The molecule has 4 rings (SSSR count). The summed E-state index contributed by atoms with van der Waals surface area (Å²) < 4.78 is 0. The summed E-state index contributed by atoms with van der Waals surface area (Å²) in [6.45, 7) is 0. The van der Waals surface area contributed by atoms with Gasteiger partial charge in [-0.1, -0.05) is 0 Å². The highest BCUT2D eigenvalue weighted by molar-refractivity contribution is 7.99. The molecule has 0 aromatic heterocycles. The third-order valence-electron chi connectivity index (χ3n) is 4.91. The first kappa shape index (κ1) is 15.0. The fourth-order valence-corrected chi connectivity index (χ4v) is 4.74. The molecular formula is C17H21N3O2S. The van der Waals surface area contributed by atoms with Gasteiger partial charge in [0.2, 0.25) is 5.91 Å². The Morgan fingerprint density at radius 3 is 2.78 bits per heavy atom. The fourth-order valence-electron chi connectivity index (χ4n) is 3.81. The maximum absolute atomic E-state index is 12.5. The molecule has 3 N–H and O–H groups in total. The molecule has 1 aromatic rings. The SMILES string of the molecule is O=C1CCSc2ccc(C(=O)NC3CC4CCC(C3)N4)cc2N1. The zero-order valence-electron chi connectivity index (χ0n) is 12.9. The average molecular weight is 331 g/mol. The molecule has 0 saturated carbocycles. The second kappa shape index (κ2) is 6.17. The monoisotopic (exact) mass is 331 g/mol. The van der Waals surface area contributed by atoms with Crippen LogP contribution in [0.1, 0.15) is 42.5 Å². The molecule has 2 fully saturated rings. The normalized spacial score (nSPS) is 29.4. The van der Waals surface area contributed by atoms with E-state index in [1.54, 1.807) is 17.8 Å². The van der Waals surface area contributed by atoms with E-state index in [1.165, 1.54) is 12.8 Å². The molecule has 5 nitrogen and oxygen atoms in total. The Morgan fingerprint density at radius 2 is 2.00 bits per heavy atom. The Balaban J connectivity index is 1.47. The fraction of sp³-hybridized carbons (Fsp3) is 0.529. The van der Waals surface area contributed by atoms with Crippen molar-refractivity contribution in [3.05, 3.63) is 23.8 Å². The molecule has 2 bridgehead atoms. The number of nitrogens with one attached hydrogen (secondary N) is 3. The van der Waals surface area contributed by atoms with Crippen LogP contribution in [-0.4, -0.2) is 35.7 Å². The minimum absolute atomic E-state index is 0.0174. The van der Waals surface area contributed by atoms with Gasteiger partial charge < -0.3 is 16.0 Å². The Hall–Kier alpha value is -1.53. The number of amides is 2. The highest BCUT2D eigenvalue weighted by atomic mass is 32.2. The van der Waals surface area contributed by atoms with Crippen molar-refractivity contribution in [2.24, 2.45) is 0 Å². The van der Waals surface area contributed by atoms with Crippen LogP contribution in [-0.2, 0) is 4.79 Å². The molecule has 2 unspecified atom stereocenters. The first-order valence-electron chi connectivity index (χ1n) is 8.31. The summed E-state index contributed by atoms with van der Waals surface area (Å²) in [5.41, 5.74) is 1.38. The zero-order chi connectivity index (χ0) is 15.8. The van der Waals surface area contributed by atoms with Crippen molar-refractivity contribution in [2.45, 2.75) is 55.1 Å². The van der Waals surface area contributed by atoms with E-state index in [-0.39, 0.29) is 17.9 Å². The van der Waals surface area contributed by atoms with Crippen molar-refractivity contribution in [1.29, 1.82) is 0 Å². The van der Waals surface area contributed by atoms with Gasteiger partial charge in [0.15, 0.2) is 0 Å². The molecule has 2 atom stereocenters. The number of fused-ring (bicyclic) bond motifs is 3. The Morgan fingerprint density at radius 1 is 1.22 bits per heavy atom. The average Bonchev–Trinajstić information content (AvgIpc) is 2.76.